The predicted molar refractivity (Wildman–Crippen MR) is 350 cm³/mol. The normalized spacial score (nSPS) is 12.7. The standard InChI is InChI=1S/C78H63BN4O3.Pt/c1-76(2,3)53-31-36-69-63(43-53)79-64-44-54(77(4,5)6)32-37-70(64)86-72-42-52(41-71(85-69)74(72)79)51-30-35-65-62(40-51)61-34-33-58(47-68(61)83(65)73-45-55(38-39-80-73)78(7,8)9)84-57-25-18-24-56(46-57)81-48-82(67-29-17-16-28-66(67)81)75-59(49-20-12-10-13-21-49)26-19-27-60(75)50-22-14-11-15-23-50;/h10-45H,1-9H3;/q-2;. The monoisotopic (exact) mass is 1310 g/mol. The molecule has 0 bridgehead atoms. The first-order valence-electron chi connectivity index (χ1n) is 29.7. The summed E-state index contributed by atoms with van der Waals surface area (Å²) in [5, 5.41) is 2.06. The van der Waals surface area contributed by atoms with Crippen LogP contribution in [0.15, 0.2) is 219 Å². The molecule has 3 aromatic heterocycles. The molecule has 5 heterocycles. The minimum absolute atomic E-state index is 0. The van der Waals surface area contributed by atoms with Crippen molar-refractivity contribution in [2.75, 3.05) is 0 Å². The van der Waals surface area contributed by atoms with Gasteiger partial charge in [0.1, 0.15) is 28.8 Å². The van der Waals surface area contributed by atoms with Crippen LogP contribution < -0.4 is 35.2 Å². The predicted octanol–water partition coefficient (Wildman–Crippen LogP) is 17.2. The first-order chi connectivity index (χ1) is 41.5. The number of hydrogen-bond donors (Lipinski definition) is 0. The van der Waals surface area contributed by atoms with Crippen LogP contribution in [0.1, 0.15) is 79.0 Å². The van der Waals surface area contributed by atoms with E-state index in [9.17, 15) is 0 Å². The van der Waals surface area contributed by atoms with Crippen LogP contribution >= 0.6 is 0 Å². The number of imidazole rings is 1. The summed E-state index contributed by atoms with van der Waals surface area (Å²) >= 11 is 0. The van der Waals surface area contributed by atoms with Crippen molar-refractivity contribution >= 4 is 55.9 Å². The van der Waals surface area contributed by atoms with Gasteiger partial charge in [-0.25, -0.2) is 4.98 Å². The first-order valence-corrected chi connectivity index (χ1v) is 29.7. The van der Waals surface area contributed by atoms with Crippen molar-refractivity contribution in [3.63, 3.8) is 0 Å². The maximum atomic E-state index is 6.98. The number of fused-ring (bicyclic) bond motifs is 8. The van der Waals surface area contributed by atoms with E-state index in [1.54, 1.807) is 0 Å². The second kappa shape index (κ2) is 21.0. The molecule has 87 heavy (non-hydrogen) atoms. The average molecular weight is 1310 g/mol. The van der Waals surface area contributed by atoms with E-state index < -0.39 is 0 Å². The largest absolute Gasteiger partial charge is 0.510 e. The first kappa shape index (κ1) is 55.6. The second-order valence-electron chi connectivity index (χ2n) is 26.0. The zero-order chi connectivity index (χ0) is 58.8. The van der Waals surface area contributed by atoms with Crippen molar-refractivity contribution in [1.29, 1.82) is 0 Å². The number of rotatable bonds is 8. The molecule has 0 aliphatic carbocycles. The maximum Gasteiger partial charge on any atom is 0.268 e. The third kappa shape index (κ3) is 9.75. The van der Waals surface area contributed by atoms with E-state index in [2.05, 4.69) is 289 Å². The van der Waals surface area contributed by atoms with E-state index in [0.717, 1.165) is 112 Å². The van der Waals surface area contributed by atoms with Crippen LogP contribution in [0, 0.1) is 18.5 Å². The smallest absolute Gasteiger partial charge is 0.268 e. The third-order valence-corrected chi connectivity index (χ3v) is 17.2. The van der Waals surface area contributed by atoms with Crippen LogP contribution in [0.2, 0.25) is 0 Å². The summed E-state index contributed by atoms with van der Waals surface area (Å²) in [6, 6.07) is 82.5. The van der Waals surface area contributed by atoms with E-state index in [0.29, 0.717) is 11.5 Å². The van der Waals surface area contributed by atoms with Crippen LogP contribution in [-0.2, 0) is 37.3 Å². The minimum Gasteiger partial charge on any atom is -0.510 e. The molecule has 2 aliphatic rings. The van der Waals surface area contributed by atoms with E-state index in [1.807, 2.05) is 24.4 Å². The van der Waals surface area contributed by atoms with Crippen LogP contribution in [0.4, 0.5) is 0 Å². The van der Waals surface area contributed by atoms with Crippen molar-refractivity contribution < 1.29 is 39.8 Å². The summed E-state index contributed by atoms with van der Waals surface area (Å²) in [5.41, 5.74) is 19.0. The van der Waals surface area contributed by atoms with Crippen molar-refractivity contribution in [3.05, 3.63) is 254 Å². The molecular weight excluding hydrogens is 1250 g/mol. The second-order valence-corrected chi connectivity index (χ2v) is 26.0. The number of benzene rings is 10. The number of pyridine rings is 1. The van der Waals surface area contributed by atoms with Gasteiger partial charge in [0.05, 0.1) is 16.7 Å². The molecule has 13 aromatic rings. The van der Waals surface area contributed by atoms with Gasteiger partial charge in [0.25, 0.3) is 13.0 Å². The Kier molecular flexibility index (Phi) is 13.4. The number of hydrogen-bond acceptors (Lipinski definition) is 4. The Morgan fingerprint density at radius 1 is 0.471 bits per heavy atom. The van der Waals surface area contributed by atoms with Crippen molar-refractivity contribution in [1.82, 2.24) is 14.1 Å². The molecule has 2 aliphatic heterocycles. The molecule has 9 heteroatoms. The molecule has 10 aromatic carbocycles. The van der Waals surface area contributed by atoms with Gasteiger partial charge >= 0.3 is 0 Å². The molecule has 0 unspecified atom stereocenters. The van der Waals surface area contributed by atoms with Crippen LogP contribution in [0.25, 0.3) is 83.4 Å². The number of para-hydroxylation sites is 3. The SMILES string of the molecule is CC(C)(C)c1ccnc(-n2c3[c-]c(Oc4[c-]c(-n5[c-][n+](-c6c(-c7ccccc7)cccc6-c6ccccc6)c6ccccc65)ccc4)ccc3c3cc(-c4cc5c6c(c4)Oc4ccc(C(C)(C)C)cc4B6c4cc(C(C)(C)C)ccc4O5)ccc32)c1.[Pt]. The van der Waals surface area contributed by atoms with E-state index in [-0.39, 0.29) is 44.0 Å². The average Bonchev–Trinajstić information content (AvgIpc) is 1.11. The maximum absolute atomic E-state index is 6.98. The summed E-state index contributed by atoms with van der Waals surface area (Å²) in [6.45, 7) is 20.3. The molecule has 0 fully saturated rings. The van der Waals surface area contributed by atoms with Crippen LogP contribution in [0.3, 0.4) is 0 Å². The Balaban J connectivity index is 0.00000667. The van der Waals surface area contributed by atoms with E-state index in [4.69, 9.17) is 19.2 Å². The Bertz CT molecular complexity index is 4720. The summed E-state index contributed by atoms with van der Waals surface area (Å²) in [5.74, 6) is 5.24. The van der Waals surface area contributed by atoms with Crippen molar-refractivity contribution in [2.24, 2.45) is 0 Å². The fourth-order valence-electron chi connectivity index (χ4n) is 12.6. The van der Waals surface area contributed by atoms with Crippen LogP contribution in [0.5, 0.6) is 34.5 Å². The summed E-state index contributed by atoms with van der Waals surface area (Å²) in [7, 11) is 0. The molecule has 7 nitrogen and oxygen atoms in total. The molecule has 0 spiro atoms. The minimum atomic E-state index is -0.111. The third-order valence-electron chi connectivity index (χ3n) is 17.2. The molecule has 15 rings (SSSR count). The van der Waals surface area contributed by atoms with Gasteiger partial charge in [-0.1, -0.05) is 207 Å². The van der Waals surface area contributed by atoms with Gasteiger partial charge in [0.15, 0.2) is 0 Å². The molecule has 428 valence electrons. The van der Waals surface area contributed by atoms with Gasteiger partial charge in [0, 0.05) is 49.7 Å². The topological polar surface area (TPSA) is 54.3 Å². The molecule has 0 saturated heterocycles. The molecule has 0 saturated carbocycles. The van der Waals surface area contributed by atoms with Gasteiger partial charge < -0.3 is 23.3 Å². The molecule has 0 N–H and O–H groups in total. The molecule has 0 radical (unpaired) electrons. The molecule has 0 atom stereocenters. The molecule has 0 amide bonds. The van der Waals surface area contributed by atoms with Crippen molar-refractivity contribution in [2.45, 2.75) is 78.6 Å². The van der Waals surface area contributed by atoms with Gasteiger partial charge in [0.2, 0.25) is 0 Å². The Morgan fingerprint density at radius 2 is 1.06 bits per heavy atom. The quantitative estimate of drug-likeness (QED) is 0.0864. The number of aromatic nitrogens is 4. The summed E-state index contributed by atoms with van der Waals surface area (Å²) in [6.07, 6.45) is 5.70. The van der Waals surface area contributed by atoms with Crippen molar-refractivity contribution in [3.8, 4) is 85.1 Å². The summed E-state index contributed by atoms with van der Waals surface area (Å²) in [4.78, 5) is 5.04. The number of nitrogens with zero attached hydrogens (tertiary/aromatic N) is 4. The van der Waals surface area contributed by atoms with E-state index >= 15 is 0 Å². The van der Waals surface area contributed by atoms with Gasteiger partial charge in [-0.15, -0.1) is 29.7 Å². The zero-order valence-corrected chi connectivity index (χ0v) is 52.5. The Hall–Kier alpha value is -9.23. The van der Waals surface area contributed by atoms with Gasteiger partial charge in [-0.05, 0) is 131 Å². The molecular formula is C78H63BN4O3Pt-2. The van der Waals surface area contributed by atoms with E-state index in [1.165, 1.54) is 27.6 Å². The zero-order valence-electron chi connectivity index (χ0n) is 50.2. The van der Waals surface area contributed by atoms with Gasteiger partial charge in [-0.3, -0.25) is 4.57 Å². The Morgan fingerprint density at radius 3 is 1.69 bits per heavy atom. The number of ether oxygens (including phenoxy) is 3. The Labute approximate surface area is 523 Å². The fraction of sp³-hybridized carbons (Fsp3) is 0.154. The van der Waals surface area contributed by atoms with Crippen LogP contribution in [-0.4, -0.2) is 20.8 Å². The van der Waals surface area contributed by atoms with Gasteiger partial charge in [-0.2, -0.15) is 18.2 Å². The fourth-order valence-corrected chi connectivity index (χ4v) is 12.6. The summed E-state index contributed by atoms with van der Waals surface area (Å²) < 4.78 is 27.3.